The highest BCUT2D eigenvalue weighted by atomic mass is 14.6. The average molecular weight is 376 g/mol. The summed E-state index contributed by atoms with van der Waals surface area (Å²) < 4.78 is 0. The maximum atomic E-state index is 4.64. The summed E-state index contributed by atoms with van der Waals surface area (Å²) in [6.45, 7) is 0. The van der Waals surface area contributed by atoms with E-state index < -0.39 is 0 Å². The summed E-state index contributed by atoms with van der Waals surface area (Å²) in [7, 11) is 0. The molecule has 0 saturated heterocycles. The van der Waals surface area contributed by atoms with E-state index in [1.165, 1.54) is 32.1 Å². The Hall–Kier alpha value is -0.850. The van der Waals surface area contributed by atoms with Gasteiger partial charge in [0.25, 0.3) is 0 Å². The van der Waals surface area contributed by atoms with Crippen LogP contribution in [0.25, 0.3) is 0 Å². The van der Waals surface area contributed by atoms with E-state index >= 15 is 0 Å². The van der Waals surface area contributed by atoms with Gasteiger partial charge >= 0.3 is 0 Å². The maximum absolute atomic E-state index is 4.64. The van der Waals surface area contributed by atoms with Crippen LogP contribution >= 0.6 is 0 Å². The molecular weight excluding hydrogens is 338 g/mol. The Morgan fingerprint density at radius 2 is 1.00 bits per heavy atom. The number of hydrogen-bond donors (Lipinski definition) is 0. The van der Waals surface area contributed by atoms with Crippen LogP contribution < -0.4 is 0 Å². The Kier molecular flexibility index (Phi) is 3.53. The van der Waals surface area contributed by atoms with Crippen LogP contribution in [-0.2, 0) is 12.8 Å². The first kappa shape index (κ1) is 16.9. The van der Waals surface area contributed by atoms with Crippen LogP contribution in [0.4, 0.5) is 0 Å². The topological polar surface area (TPSA) is 12.9 Å². The van der Waals surface area contributed by atoms with Gasteiger partial charge in [-0.3, -0.25) is 4.98 Å². The summed E-state index contributed by atoms with van der Waals surface area (Å²) >= 11 is 0. The van der Waals surface area contributed by atoms with Crippen molar-refractivity contribution in [2.75, 3.05) is 0 Å². The van der Waals surface area contributed by atoms with Crippen molar-refractivity contribution in [3.63, 3.8) is 0 Å². The predicted octanol–water partition coefficient (Wildman–Crippen LogP) is 6.60. The molecule has 0 unspecified atom stereocenters. The minimum Gasteiger partial charge on any atom is -0.264 e. The molecule has 1 aromatic rings. The molecule has 0 N–H and O–H groups in total. The molecule has 28 heavy (non-hydrogen) atoms. The molecule has 1 aromatic heterocycles. The zero-order valence-corrected chi connectivity index (χ0v) is 17.5. The van der Waals surface area contributed by atoms with Crippen molar-refractivity contribution in [3.8, 4) is 0 Å². The van der Waals surface area contributed by atoms with Crippen LogP contribution in [0.5, 0.6) is 0 Å². The Morgan fingerprint density at radius 3 is 1.43 bits per heavy atom. The average Bonchev–Trinajstić information content (AvgIpc) is 2.60. The highest BCUT2D eigenvalue weighted by Gasteiger charge is 2.52. The summed E-state index contributed by atoms with van der Waals surface area (Å²) in [5, 5.41) is 0. The minimum atomic E-state index is 0.647. The van der Waals surface area contributed by atoms with E-state index in [0.29, 0.717) is 10.8 Å². The zero-order valence-electron chi connectivity index (χ0n) is 17.5. The highest BCUT2D eigenvalue weighted by Crippen LogP contribution is 2.63. The number of nitrogens with zero attached hydrogens (tertiary/aromatic N) is 1. The highest BCUT2D eigenvalue weighted by molar-refractivity contribution is 5.28. The summed E-state index contributed by atoms with van der Waals surface area (Å²) in [6, 6.07) is 2.43. The third-order valence-electron chi connectivity index (χ3n) is 10.5. The Morgan fingerprint density at radius 1 is 0.607 bits per heavy atom. The molecule has 1 heteroatoms. The normalized spacial score (nSPS) is 50.4. The van der Waals surface area contributed by atoms with Crippen molar-refractivity contribution in [2.24, 2.45) is 46.3 Å². The van der Waals surface area contributed by atoms with E-state index in [1.807, 2.05) is 0 Å². The molecule has 8 aliphatic carbocycles. The van der Waals surface area contributed by atoms with Gasteiger partial charge in [-0.05, 0) is 153 Å². The quantitative estimate of drug-likeness (QED) is 0.578. The third kappa shape index (κ3) is 2.67. The van der Waals surface area contributed by atoms with Crippen molar-refractivity contribution >= 4 is 0 Å². The van der Waals surface area contributed by atoms with E-state index in [-0.39, 0.29) is 0 Å². The van der Waals surface area contributed by atoms with Gasteiger partial charge in [-0.15, -0.1) is 0 Å². The van der Waals surface area contributed by atoms with Crippen LogP contribution in [0.15, 0.2) is 18.5 Å². The van der Waals surface area contributed by atoms with E-state index in [9.17, 15) is 0 Å². The molecule has 0 spiro atoms. The largest absolute Gasteiger partial charge is 0.264 e. The molecule has 0 radical (unpaired) electrons. The lowest BCUT2D eigenvalue weighted by Gasteiger charge is -2.58. The number of pyridine rings is 1. The minimum absolute atomic E-state index is 0.647. The molecule has 1 heterocycles. The second-order valence-corrected chi connectivity index (χ2v) is 12.8. The fourth-order valence-electron chi connectivity index (χ4n) is 10.6. The molecule has 0 aliphatic heterocycles. The standard InChI is InChI=1S/C27H37N/c1-2-28-17-25(16-27-12-21-6-22(13-27)8-23(7-21)14-27)24(1)15-26-9-18-3-19(10-26)5-20(4-18)11-26/h1-2,17-23H,3-16H2. The van der Waals surface area contributed by atoms with Crippen molar-refractivity contribution < 1.29 is 0 Å². The molecule has 8 bridgehead atoms. The van der Waals surface area contributed by atoms with Gasteiger partial charge in [-0.2, -0.15) is 0 Å². The molecule has 8 saturated carbocycles. The van der Waals surface area contributed by atoms with Gasteiger partial charge in [0.1, 0.15) is 0 Å². The lowest BCUT2D eigenvalue weighted by molar-refractivity contribution is -0.0554. The van der Waals surface area contributed by atoms with Crippen molar-refractivity contribution in [1.29, 1.82) is 0 Å². The van der Waals surface area contributed by atoms with Crippen LogP contribution in [-0.4, -0.2) is 4.98 Å². The molecule has 8 aliphatic rings. The van der Waals surface area contributed by atoms with Gasteiger partial charge in [0, 0.05) is 12.4 Å². The number of rotatable bonds is 4. The van der Waals surface area contributed by atoms with E-state index in [1.54, 1.807) is 68.9 Å². The zero-order chi connectivity index (χ0) is 18.3. The van der Waals surface area contributed by atoms with Crippen LogP contribution in [0.2, 0.25) is 0 Å². The van der Waals surface area contributed by atoms with E-state index in [0.717, 1.165) is 35.5 Å². The third-order valence-corrected chi connectivity index (χ3v) is 10.5. The number of hydrogen-bond acceptors (Lipinski definition) is 1. The molecule has 150 valence electrons. The SMILES string of the molecule is c1cc(CC23CC4CC(CC(C4)C2)C3)c(CC23CC4CC(CC(C4)C2)C3)cn1. The molecule has 0 amide bonds. The predicted molar refractivity (Wildman–Crippen MR) is 113 cm³/mol. The van der Waals surface area contributed by atoms with Crippen LogP contribution in [0, 0.1) is 46.3 Å². The first-order valence-corrected chi connectivity index (χ1v) is 12.6. The number of aromatic nitrogens is 1. The lowest BCUT2D eigenvalue weighted by Crippen LogP contribution is -2.48. The second kappa shape index (κ2) is 5.86. The molecule has 8 fully saturated rings. The maximum Gasteiger partial charge on any atom is 0.0302 e. The van der Waals surface area contributed by atoms with Gasteiger partial charge in [0.2, 0.25) is 0 Å². The summed E-state index contributed by atoms with van der Waals surface area (Å²) in [5.41, 5.74) is 4.66. The second-order valence-electron chi connectivity index (χ2n) is 12.8. The van der Waals surface area contributed by atoms with Gasteiger partial charge < -0.3 is 0 Å². The van der Waals surface area contributed by atoms with E-state index in [2.05, 4.69) is 23.4 Å². The van der Waals surface area contributed by atoms with Crippen molar-refractivity contribution in [1.82, 2.24) is 4.98 Å². The van der Waals surface area contributed by atoms with Gasteiger partial charge in [0.15, 0.2) is 0 Å². The fourth-order valence-corrected chi connectivity index (χ4v) is 10.6. The van der Waals surface area contributed by atoms with Gasteiger partial charge in [-0.1, -0.05) is 0 Å². The summed E-state index contributed by atoms with van der Waals surface area (Å²) in [4.78, 5) is 4.64. The Balaban J connectivity index is 1.17. The smallest absolute Gasteiger partial charge is 0.0302 e. The molecule has 9 rings (SSSR count). The Labute approximate surface area is 171 Å². The Bertz CT molecular complexity index is 641. The van der Waals surface area contributed by atoms with E-state index in [4.69, 9.17) is 0 Å². The molecular formula is C27H37N. The fraction of sp³-hybridized carbons (Fsp3) is 0.815. The van der Waals surface area contributed by atoms with Crippen LogP contribution in [0.1, 0.15) is 88.2 Å². The molecule has 0 atom stereocenters. The van der Waals surface area contributed by atoms with Crippen molar-refractivity contribution in [2.45, 2.75) is 89.9 Å². The molecule has 0 aromatic carbocycles. The molecule has 1 nitrogen and oxygen atoms in total. The lowest BCUT2D eigenvalue weighted by atomic mass is 9.47. The first-order valence-electron chi connectivity index (χ1n) is 12.6. The summed E-state index contributed by atoms with van der Waals surface area (Å²) in [6.07, 6.45) is 25.7. The monoisotopic (exact) mass is 375 g/mol. The van der Waals surface area contributed by atoms with Gasteiger partial charge in [0.05, 0.1) is 0 Å². The first-order chi connectivity index (χ1) is 13.6. The summed E-state index contributed by atoms with van der Waals surface area (Å²) in [5.74, 6) is 6.40. The van der Waals surface area contributed by atoms with Crippen molar-refractivity contribution in [3.05, 3.63) is 29.6 Å². The van der Waals surface area contributed by atoms with Gasteiger partial charge in [-0.25, -0.2) is 0 Å². The van der Waals surface area contributed by atoms with Crippen LogP contribution in [0.3, 0.4) is 0 Å².